The molecule has 0 unspecified atom stereocenters. The molecule has 3 rings (SSSR count). The average molecular weight is 621 g/mol. The first kappa shape index (κ1) is 34.6. The molecule has 0 amide bonds. The van der Waals surface area contributed by atoms with Crippen LogP contribution < -0.4 is 9.47 Å². The Kier molecular flexibility index (Phi) is 13.6. The quantitative estimate of drug-likeness (QED) is 0.0800. The van der Waals surface area contributed by atoms with Crippen LogP contribution in [0.1, 0.15) is 64.7 Å². The number of hydrogen-bond donors (Lipinski definition) is 0. The Hall–Kier alpha value is -2.87. The third kappa shape index (κ3) is 12.0. The normalized spacial score (nSPS) is 12.0. The van der Waals surface area contributed by atoms with Gasteiger partial charge in [-0.3, -0.25) is 0 Å². The van der Waals surface area contributed by atoms with Crippen LogP contribution in [0.25, 0.3) is 22.3 Å². The molecule has 0 aromatic heterocycles. The maximum absolute atomic E-state index is 14.9. The van der Waals surface area contributed by atoms with Crippen molar-refractivity contribution >= 4 is 8.07 Å². The van der Waals surface area contributed by atoms with Crippen molar-refractivity contribution in [2.45, 2.75) is 96.1 Å². The number of ether oxygens (including phenoxy) is 2. The largest absolute Gasteiger partial charge is 0.494 e. The lowest BCUT2D eigenvalue weighted by molar-refractivity contribution is -0.130. The van der Waals surface area contributed by atoms with Gasteiger partial charge in [-0.1, -0.05) is 101 Å². The molecule has 0 spiro atoms. The molecule has 0 N–H and O–H groups in total. The van der Waals surface area contributed by atoms with E-state index in [1.807, 2.05) is 49.5 Å². The molecule has 0 aliphatic carbocycles. The van der Waals surface area contributed by atoms with Crippen molar-refractivity contribution in [3.05, 3.63) is 72.3 Å². The Balaban J connectivity index is 1.47. The number of hydrogen-bond acceptors (Lipinski definition) is 2. The minimum absolute atomic E-state index is 0.0552. The molecular formula is C35H45F5O2Si. The van der Waals surface area contributed by atoms with Gasteiger partial charge in [0, 0.05) is 20.1 Å². The van der Waals surface area contributed by atoms with Crippen LogP contribution in [0.15, 0.2) is 60.7 Å². The second-order valence-electron chi connectivity index (χ2n) is 12.0. The van der Waals surface area contributed by atoms with Crippen molar-refractivity contribution in [1.29, 1.82) is 0 Å². The van der Waals surface area contributed by atoms with Crippen LogP contribution in [0, 0.1) is 11.6 Å². The van der Waals surface area contributed by atoms with Gasteiger partial charge in [-0.05, 0) is 59.8 Å². The smallest absolute Gasteiger partial charge is 0.388 e. The first-order chi connectivity index (χ1) is 20.5. The Morgan fingerprint density at radius 1 is 0.605 bits per heavy atom. The zero-order valence-corrected chi connectivity index (χ0v) is 26.7. The van der Waals surface area contributed by atoms with Gasteiger partial charge in [-0.25, -0.2) is 4.39 Å². The number of unbranched alkanes of at least 4 members (excludes halogenated alkanes) is 6. The molecule has 0 bridgehead atoms. The molecule has 0 fully saturated rings. The maximum Gasteiger partial charge on any atom is 0.388 e. The summed E-state index contributed by atoms with van der Waals surface area (Å²) in [6, 6.07) is 19.1. The minimum Gasteiger partial charge on any atom is -0.494 e. The molecule has 3 aromatic rings. The number of benzene rings is 3. The Morgan fingerprint density at radius 3 is 1.81 bits per heavy atom. The SMILES string of the molecule is CCCCCCCCOc1ccc(-c2ccc(-c3ccc(OCCCC[Si](C)(C)CCC(F)(F)F)cc3)cc2)c(F)c1F. The lowest BCUT2D eigenvalue weighted by Gasteiger charge is -2.23. The standard InChI is InChI=1S/C35H45F5O2Si/c1-4-5-6-7-8-9-24-42-32-21-20-31(33(36)34(32)37)29-14-12-27(13-15-29)28-16-18-30(19-17-28)41-23-10-11-25-43(2,3)26-22-35(38,39)40/h12-21H,4-11,22-26H2,1-3H3. The van der Waals surface area contributed by atoms with E-state index in [0.29, 0.717) is 18.8 Å². The molecule has 0 radical (unpaired) electrons. The van der Waals surface area contributed by atoms with Gasteiger partial charge in [-0.2, -0.15) is 17.6 Å². The van der Waals surface area contributed by atoms with Crippen molar-refractivity contribution in [2.75, 3.05) is 13.2 Å². The van der Waals surface area contributed by atoms with Crippen molar-refractivity contribution < 1.29 is 31.4 Å². The van der Waals surface area contributed by atoms with Crippen molar-refractivity contribution in [3.63, 3.8) is 0 Å². The summed E-state index contributed by atoms with van der Waals surface area (Å²) in [4.78, 5) is 0. The molecule has 0 aliphatic heterocycles. The Labute approximate surface area is 254 Å². The predicted octanol–water partition coefficient (Wildman–Crippen LogP) is 11.9. The number of halogens is 5. The first-order valence-corrected chi connectivity index (χ1v) is 18.9. The van der Waals surface area contributed by atoms with E-state index in [0.717, 1.165) is 55.0 Å². The predicted molar refractivity (Wildman–Crippen MR) is 169 cm³/mol. The Morgan fingerprint density at radius 2 is 1.16 bits per heavy atom. The summed E-state index contributed by atoms with van der Waals surface area (Å²) >= 11 is 0. The zero-order chi connectivity index (χ0) is 31.3. The first-order valence-electron chi connectivity index (χ1n) is 15.5. The van der Waals surface area contributed by atoms with Gasteiger partial charge in [0.2, 0.25) is 5.82 Å². The van der Waals surface area contributed by atoms with Crippen molar-refractivity contribution in [2.24, 2.45) is 0 Å². The van der Waals surface area contributed by atoms with Gasteiger partial charge in [0.05, 0.1) is 13.2 Å². The summed E-state index contributed by atoms with van der Waals surface area (Å²) in [6.45, 7) is 7.09. The summed E-state index contributed by atoms with van der Waals surface area (Å²) in [5.41, 5.74) is 2.65. The minimum atomic E-state index is -4.08. The molecule has 0 aliphatic rings. The van der Waals surface area contributed by atoms with Crippen molar-refractivity contribution in [1.82, 2.24) is 0 Å². The molecule has 0 saturated carbocycles. The lowest BCUT2D eigenvalue weighted by atomic mass is 9.99. The van der Waals surface area contributed by atoms with Gasteiger partial charge < -0.3 is 9.47 Å². The van der Waals surface area contributed by atoms with E-state index in [4.69, 9.17) is 9.47 Å². The molecule has 0 atom stereocenters. The highest BCUT2D eigenvalue weighted by molar-refractivity contribution is 6.77. The van der Waals surface area contributed by atoms with Gasteiger partial charge in [-0.15, -0.1) is 0 Å². The molecular weight excluding hydrogens is 575 g/mol. The van der Waals surface area contributed by atoms with Crippen LogP contribution in [-0.4, -0.2) is 27.5 Å². The highest BCUT2D eigenvalue weighted by Crippen LogP contribution is 2.32. The van der Waals surface area contributed by atoms with Gasteiger partial charge in [0.25, 0.3) is 0 Å². The summed E-state index contributed by atoms with van der Waals surface area (Å²) < 4.78 is 78.5. The van der Waals surface area contributed by atoms with E-state index in [9.17, 15) is 22.0 Å². The summed E-state index contributed by atoms with van der Waals surface area (Å²) in [6.07, 6.45) is 3.46. The summed E-state index contributed by atoms with van der Waals surface area (Å²) in [5.74, 6) is -1.21. The summed E-state index contributed by atoms with van der Waals surface area (Å²) in [7, 11) is -1.85. The van der Waals surface area contributed by atoms with E-state index in [2.05, 4.69) is 6.92 Å². The molecule has 43 heavy (non-hydrogen) atoms. The van der Waals surface area contributed by atoms with Crippen LogP contribution in [-0.2, 0) is 0 Å². The molecule has 3 aromatic carbocycles. The van der Waals surface area contributed by atoms with Crippen molar-refractivity contribution in [3.8, 4) is 33.8 Å². The molecule has 8 heteroatoms. The van der Waals surface area contributed by atoms with Crippen LogP contribution in [0.2, 0.25) is 25.2 Å². The van der Waals surface area contributed by atoms with Crippen LogP contribution in [0.4, 0.5) is 22.0 Å². The van der Waals surface area contributed by atoms with E-state index < -0.39 is 32.3 Å². The van der Waals surface area contributed by atoms with E-state index in [-0.39, 0.29) is 17.4 Å². The molecule has 2 nitrogen and oxygen atoms in total. The van der Waals surface area contributed by atoms with Gasteiger partial charge in [0.1, 0.15) is 5.75 Å². The van der Waals surface area contributed by atoms with Crippen LogP contribution in [0.3, 0.4) is 0 Å². The van der Waals surface area contributed by atoms with Gasteiger partial charge in [0.15, 0.2) is 11.6 Å². The van der Waals surface area contributed by atoms with Crippen LogP contribution in [0.5, 0.6) is 11.5 Å². The fourth-order valence-electron chi connectivity index (χ4n) is 5.02. The van der Waals surface area contributed by atoms with Crippen LogP contribution >= 0.6 is 0 Å². The fourth-order valence-corrected chi connectivity index (χ4v) is 7.43. The third-order valence-corrected chi connectivity index (χ3v) is 11.1. The highest BCUT2D eigenvalue weighted by Gasteiger charge is 2.31. The monoisotopic (exact) mass is 620 g/mol. The lowest BCUT2D eigenvalue weighted by Crippen LogP contribution is -2.27. The number of alkyl halides is 3. The second-order valence-corrected chi connectivity index (χ2v) is 17.4. The maximum atomic E-state index is 14.9. The van der Waals surface area contributed by atoms with Gasteiger partial charge >= 0.3 is 6.18 Å². The van der Waals surface area contributed by atoms with E-state index >= 15 is 0 Å². The molecule has 0 heterocycles. The topological polar surface area (TPSA) is 18.5 Å². The Bertz CT molecular complexity index is 1240. The second kappa shape index (κ2) is 16.8. The average Bonchev–Trinajstić information content (AvgIpc) is 2.98. The third-order valence-electron chi connectivity index (χ3n) is 7.79. The highest BCUT2D eigenvalue weighted by atomic mass is 28.3. The fraction of sp³-hybridized carbons (Fsp3) is 0.486. The molecule has 0 saturated heterocycles. The van der Waals surface area contributed by atoms with E-state index in [1.165, 1.54) is 25.3 Å². The summed E-state index contributed by atoms with van der Waals surface area (Å²) in [5, 5.41) is 0. The zero-order valence-electron chi connectivity index (χ0n) is 25.7. The number of rotatable bonds is 18. The van der Waals surface area contributed by atoms with E-state index in [1.54, 1.807) is 18.2 Å². The molecule has 236 valence electrons.